The largest absolute Gasteiger partial charge is 0.351 e. The predicted octanol–water partition coefficient (Wildman–Crippen LogP) is 1.99. The van der Waals surface area contributed by atoms with Crippen LogP contribution >= 0.6 is 11.8 Å². The number of amides is 1. The Labute approximate surface area is 139 Å². The molecule has 23 heavy (non-hydrogen) atoms. The van der Waals surface area contributed by atoms with Crippen LogP contribution in [0.25, 0.3) is 0 Å². The fourth-order valence-corrected chi connectivity index (χ4v) is 4.59. The lowest BCUT2D eigenvalue weighted by Gasteiger charge is -2.26. The lowest BCUT2D eigenvalue weighted by molar-refractivity contribution is -0.121. The Bertz CT molecular complexity index is 703. The number of thioether (sulfide) groups is 1. The molecule has 0 fully saturated rings. The molecule has 120 valence electrons. The van der Waals surface area contributed by atoms with Gasteiger partial charge >= 0.3 is 0 Å². The SMILES string of the molecule is CCc1nnc2n1C[C@H](NC(=O)[C@H]1Cc3ccccc3S1)CC2. The van der Waals surface area contributed by atoms with Gasteiger partial charge in [-0.3, -0.25) is 4.79 Å². The molecular weight excluding hydrogens is 308 g/mol. The first kappa shape index (κ1) is 14.8. The highest BCUT2D eigenvalue weighted by atomic mass is 32.2. The Hall–Kier alpha value is -1.82. The number of nitrogens with one attached hydrogen (secondary N) is 1. The zero-order valence-electron chi connectivity index (χ0n) is 13.2. The summed E-state index contributed by atoms with van der Waals surface area (Å²) in [4.78, 5) is 13.9. The molecule has 5 nitrogen and oxygen atoms in total. The molecule has 0 spiro atoms. The van der Waals surface area contributed by atoms with E-state index in [2.05, 4.69) is 39.1 Å². The molecular formula is C17H20N4OS. The molecule has 0 unspecified atom stereocenters. The van der Waals surface area contributed by atoms with Crippen molar-refractivity contribution in [3.05, 3.63) is 41.5 Å². The molecule has 0 saturated carbocycles. The summed E-state index contributed by atoms with van der Waals surface area (Å²) in [5.41, 5.74) is 1.29. The summed E-state index contributed by atoms with van der Waals surface area (Å²) in [5, 5.41) is 11.7. The van der Waals surface area contributed by atoms with Gasteiger partial charge in [0.2, 0.25) is 5.91 Å². The van der Waals surface area contributed by atoms with E-state index in [0.717, 1.165) is 43.9 Å². The van der Waals surface area contributed by atoms with E-state index in [1.54, 1.807) is 11.8 Å². The maximum Gasteiger partial charge on any atom is 0.234 e. The number of nitrogens with zero attached hydrogens (tertiary/aromatic N) is 3. The highest BCUT2D eigenvalue weighted by Gasteiger charge is 2.30. The molecule has 4 rings (SSSR count). The molecule has 0 radical (unpaired) electrons. The minimum absolute atomic E-state index is 0.000328. The second-order valence-corrected chi connectivity index (χ2v) is 7.40. The van der Waals surface area contributed by atoms with Gasteiger partial charge in [-0.1, -0.05) is 25.1 Å². The highest BCUT2D eigenvalue weighted by molar-refractivity contribution is 8.01. The zero-order valence-corrected chi connectivity index (χ0v) is 14.0. The first-order valence-corrected chi connectivity index (χ1v) is 9.08. The van der Waals surface area contributed by atoms with Gasteiger partial charge in [0.25, 0.3) is 0 Å². The van der Waals surface area contributed by atoms with Crippen LogP contribution in [0.2, 0.25) is 0 Å². The molecule has 1 aromatic heterocycles. The van der Waals surface area contributed by atoms with Crippen molar-refractivity contribution < 1.29 is 4.79 Å². The predicted molar refractivity (Wildman–Crippen MR) is 89.4 cm³/mol. The topological polar surface area (TPSA) is 59.8 Å². The molecule has 0 aliphatic carbocycles. The van der Waals surface area contributed by atoms with E-state index in [4.69, 9.17) is 0 Å². The summed E-state index contributed by atoms with van der Waals surface area (Å²) >= 11 is 1.68. The number of aryl methyl sites for hydroxylation is 2. The van der Waals surface area contributed by atoms with Crippen molar-refractivity contribution in [1.29, 1.82) is 0 Å². The summed E-state index contributed by atoms with van der Waals surface area (Å²) in [7, 11) is 0. The van der Waals surface area contributed by atoms with Crippen molar-refractivity contribution in [3.63, 3.8) is 0 Å². The number of aromatic nitrogens is 3. The Morgan fingerprint density at radius 2 is 2.26 bits per heavy atom. The van der Waals surface area contributed by atoms with Crippen LogP contribution in [0.15, 0.2) is 29.2 Å². The molecule has 1 N–H and O–H groups in total. The Morgan fingerprint density at radius 1 is 1.39 bits per heavy atom. The van der Waals surface area contributed by atoms with Gasteiger partial charge in [0.1, 0.15) is 11.6 Å². The van der Waals surface area contributed by atoms with Crippen molar-refractivity contribution in [2.24, 2.45) is 0 Å². The maximum absolute atomic E-state index is 12.6. The van der Waals surface area contributed by atoms with Crippen LogP contribution < -0.4 is 5.32 Å². The van der Waals surface area contributed by atoms with Crippen LogP contribution in [0.1, 0.15) is 30.6 Å². The number of carbonyl (C=O) groups excluding carboxylic acids is 1. The number of fused-ring (bicyclic) bond motifs is 2. The van der Waals surface area contributed by atoms with Crippen molar-refractivity contribution in [2.45, 2.75) is 55.3 Å². The normalized spacial score (nSPS) is 22.5. The Balaban J connectivity index is 1.41. The lowest BCUT2D eigenvalue weighted by atomic mass is 10.1. The molecule has 1 aromatic carbocycles. The molecule has 3 heterocycles. The summed E-state index contributed by atoms with van der Waals surface area (Å²) in [6.07, 6.45) is 3.53. The van der Waals surface area contributed by atoms with E-state index in [0.29, 0.717) is 0 Å². The lowest BCUT2D eigenvalue weighted by Crippen LogP contribution is -2.44. The summed E-state index contributed by atoms with van der Waals surface area (Å²) < 4.78 is 2.17. The van der Waals surface area contributed by atoms with E-state index >= 15 is 0 Å². The van der Waals surface area contributed by atoms with E-state index < -0.39 is 0 Å². The van der Waals surface area contributed by atoms with Crippen molar-refractivity contribution in [2.75, 3.05) is 0 Å². The van der Waals surface area contributed by atoms with Crippen molar-refractivity contribution >= 4 is 17.7 Å². The second-order valence-electron chi connectivity index (χ2n) is 6.16. The standard InChI is InChI=1S/C17H20N4OS/c1-2-15-19-20-16-8-7-12(10-21(15)16)18-17(22)14-9-11-5-3-4-6-13(11)23-14/h3-6,12,14H,2,7-10H2,1H3,(H,18,22)/t12-,14-/m1/s1. The Morgan fingerprint density at radius 3 is 3.09 bits per heavy atom. The number of rotatable bonds is 3. The molecule has 1 amide bonds. The number of carbonyl (C=O) groups is 1. The molecule has 2 aliphatic heterocycles. The third kappa shape index (κ3) is 2.76. The van der Waals surface area contributed by atoms with Gasteiger partial charge in [-0.15, -0.1) is 22.0 Å². The molecule has 0 bridgehead atoms. The van der Waals surface area contributed by atoms with Crippen LogP contribution in [0, 0.1) is 0 Å². The average Bonchev–Trinajstić information content (AvgIpc) is 3.18. The Kier molecular flexibility index (Phi) is 3.85. The van der Waals surface area contributed by atoms with Gasteiger partial charge in [-0.25, -0.2) is 0 Å². The van der Waals surface area contributed by atoms with E-state index in [1.165, 1.54) is 10.5 Å². The fourth-order valence-electron chi connectivity index (χ4n) is 3.38. The maximum atomic E-state index is 12.6. The van der Waals surface area contributed by atoms with Crippen LogP contribution in [-0.2, 0) is 30.6 Å². The summed E-state index contributed by atoms with van der Waals surface area (Å²) in [5.74, 6) is 2.22. The number of hydrogen-bond acceptors (Lipinski definition) is 4. The minimum Gasteiger partial charge on any atom is -0.351 e. The first-order valence-electron chi connectivity index (χ1n) is 8.20. The van der Waals surface area contributed by atoms with Gasteiger partial charge in [0.05, 0.1) is 5.25 Å². The van der Waals surface area contributed by atoms with Crippen LogP contribution in [0.3, 0.4) is 0 Å². The van der Waals surface area contributed by atoms with Crippen LogP contribution in [0.4, 0.5) is 0 Å². The van der Waals surface area contributed by atoms with Gasteiger partial charge < -0.3 is 9.88 Å². The van der Waals surface area contributed by atoms with E-state index in [-0.39, 0.29) is 17.2 Å². The van der Waals surface area contributed by atoms with E-state index in [9.17, 15) is 4.79 Å². The van der Waals surface area contributed by atoms with Crippen LogP contribution in [-0.4, -0.2) is 32.0 Å². The van der Waals surface area contributed by atoms with Crippen LogP contribution in [0.5, 0.6) is 0 Å². The summed E-state index contributed by atoms with van der Waals surface area (Å²) in [6.45, 7) is 2.88. The van der Waals surface area contributed by atoms with Gasteiger partial charge in [0.15, 0.2) is 0 Å². The molecule has 2 aromatic rings. The first-order chi connectivity index (χ1) is 11.2. The van der Waals surface area contributed by atoms with E-state index in [1.807, 2.05) is 12.1 Å². The fraction of sp³-hybridized carbons (Fsp3) is 0.471. The summed E-state index contributed by atoms with van der Waals surface area (Å²) in [6, 6.07) is 8.48. The van der Waals surface area contributed by atoms with Gasteiger partial charge in [0, 0.05) is 30.3 Å². The van der Waals surface area contributed by atoms with Crippen molar-refractivity contribution in [1.82, 2.24) is 20.1 Å². The minimum atomic E-state index is 0.000328. The quantitative estimate of drug-likeness (QED) is 0.936. The average molecular weight is 328 g/mol. The molecule has 0 saturated heterocycles. The zero-order chi connectivity index (χ0) is 15.8. The number of hydrogen-bond donors (Lipinski definition) is 1. The third-order valence-electron chi connectivity index (χ3n) is 4.63. The van der Waals surface area contributed by atoms with Crippen molar-refractivity contribution in [3.8, 4) is 0 Å². The monoisotopic (exact) mass is 328 g/mol. The third-order valence-corrected chi connectivity index (χ3v) is 5.94. The number of benzene rings is 1. The highest BCUT2D eigenvalue weighted by Crippen LogP contribution is 2.36. The second kappa shape index (κ2) is 6.00. The molecule has 2 aliphatic rings. The van der Waals surface area contributed by atoms with Gasteiger partial charge in [-0.2, -0.15) is 0 Å². The van der Waals surface area contributed by atoms with Gasteiger partial charge in [-0.05, 0) is 24.5 Å². The molecule has 2 atom stereocenters. The molecule has 6 heteroatoms. The smallest absolute Gasteiger partial charge is 0.234 e.